The molecule has 2 rings (SSSR count). The zero-order valence-electron chi connectivity index (χ0n) is 11.8. The van der Waals surface area contributed by atoms with Crippen molar-refractivity contribution >= 4 is 11.6 Å². The second-order valence-electron chi connectivity index (χ2n) is 4.57. The first-order valence-electron chi connectivity index (χ1n) is 6.55. The van der Waals surface area contributed by atoms with Gasteiger partial charge in [-0.15, -0.1) is 21.8 Å². The van der Waals surface area contributed by atoms with Crippen molar-refractivity contribution in [3.05, 3.63) is 35.4 Å². The van der Waals surface area contributed by atoms with Crippen LogP contribution in [0.4, 0.5) is 0 Å². The molecule has 0 unspecified atom stereocenters. The summed E-state index contributed by atoms with van der Waals surface area (Å²) in [5.74, 6) is 2.64. The molecule has 0 saturated carbocycles. The molecule has 1 aromatic heterocycles. The predicted molar refractivity (Wildman–Crippen MR) is 79.6 cm³/mol. The van der Waals surface area contributed by atoms with Crippen LogP contribution in [-0.4, -0.2) is 28.4 Å². The van der Waals surface area contributed by atoms with E-state index in [0.717, 1.165) is 35.7 Å². The monoisotopic (exact) mass is 294 g/mol. The summed E-state index contributed by atoms with van der Waals surface area (Å²) < 4.78 is 7.41. The minimum Gasteiger partial charge on any atom is -0.495 e. The smallest absolute Gasteiger partial charge is 0.152 e. The van der Waals surface area contributed by atoms with E-state index in [-0.39, 0.29) is 0 Å². The van der Waals surface area contributed by atoms with Crippen molar-refractivity contribution in [1.29, 1.82) is 0 Å². The highest BCUT2D eigenvalue weighted by atomic mass is 35.5. The van der Waals surface area contributed by atoms with Crippen molar-refractivity contribution < 1.29 is 4.74 Å². The molecule has 0 bridgehead atoms. The number of ether oxygens (including phenoxy) is 1. The second kappa shape index (κ2) is 6.72. The maximum Gasteiger partial charge on any atom is 0.152 e. The van der Waals surface area contributed by atoms with Crippen LogP contribution in [0.1, 0.15) is 23.6 Å². The van der Waals surface area contributed by atoms with Gasteiger partial charge in [0.15, 0.2) is 5.82 Å². The maximum absolute atomic E-state index is 5.98. The molecule has 6 heteroatoms. The van der Waals surface area contributed by atoms with E-state index >= 15 is 0 Å². The van der Waals surface area contributed by atoms with Gasteiger partial charge < -0.3 is 10.5 Å². The molecule has 0 aliphatic rings. The molecule has 0 spiro atoms. The zero-order valence-corrected chi connectivity index (χ0v) is 12.5. The third kappa shape index (κ3) is 2.94. The third-order valence-electron chi connectivity index (χ3n) is 3.10. The number of nitrogens with zero attached hydrogens (tertiary/aromatic N) is 3. The van der Waals surface area contributed by atoms with Crippen LogP contribution in [0.2, 0.25) is 0 Å². The van der Waals surface area contributed by atoms with Gasteiger partial charge in [-0.25, -0.2) is 0 Å². The van der Waals surface area contributed by atoms with Crippen LogP contribution in [-0.2, 0) is 12.3 Å². The highest BCUT2D eigenvalue weighted by Crippen LogP contribution is 2.27. The van der Waals surface area contributed by atoms with E-state index in [0.29, 0.717) is 18.2 Å². The molecule has 0 aliphatic heterocycles. The van der Waals surface area contributed by atoms with Gasteiger partial charge in [-0.3, -0.25) is 4.57 Å². The molecule has 20 heavy (non-hydrogen) atoms. The Morgan fingerprint density at radius 2 is 2.05 bits per heavy atom. The lowest BCUT2D eigenvalue weighted by molar-refractivity contribution is 0.412. The minimum absolute atomic E-state index is 0.298. The van der Waals surface area contributed by atoms with Gasteiger partial charge >= 0.3 is 0 Å². The molecule has 0 radical (unpaired) electrons. The summed E-state index contributed by atoms with van der Waals surface area (Å²) >= 11 is 5.98. The van der Waals surface area contributed by atoms with E-state index in [1.807, 2.05) is 29.7 Å². The first kappa shape index (κ1) is 14.8. The largest absolute Gasteiger partial charge is 0.495 e. The van der Waals surface area contributed by atoms with E-state index in [4.69, 9.17) is 22.1 Å². The second-order valence-corrected chi connectivity index (χ2v) is 4.84. The van der Waals surface area contributed by atoms with Crippen LogP contribution in [0.15, 0.2) is 18.2 Å². The summed E-state index contributed by atoms with van der Waals surface area (Å²) in [5.41, 5.74) is 7.63. The fourth-order valence-corrected chi connectivity index (χ4v) is 2.29. The van der Waals surface area contributed by atoms with Crippen LogP contribution in [0.3, 0.4) is 0 Å². The number of halogens is 1. The first-order valence-corrected chi connectivity index (χ1v) is 7.09. The van der Waals surface area contributed by atoms with Crippen molar-refractivity contribution in [2.45, 2.75) is 25.6 Å². The summed E-state index contributed by atoms with van der Waals surface area (Å²) in [6, 6.07) is 5.99. The van der Waals surface area contributed by atoms with Crippen LogP contribution in [0, 0.1) is 6.92 Å². The number of hydrogen-bond acceptors (Lipinski definition) is 4. The van der Waals surface area contributed by atoms with Crippen molar-refractivity contribution in [2.75, 3.05) is 13.7 Å². The van der Waals surface area contributed by atoms with Gasteiger partial charge in [0, 0.05) is 6.42 Å². The number of rotatable bonds is 6. The van der Waals surface area contributed by atoms with Gasteiger partial charge in [0.05, 0.1) is 18.7 Å². The SMILES string of the molecule is COc1ccc(C)cc1-n1c(CCl)nnc1CCCN. The summed E-state index contributed by atoms with van der Waals surface area (Å²) in [4.78, 5) is 0. The molecule has 108 valence electrons. The van der Waals surface area contributed by atoms with Crippen LogP contribution >= 0.6 is 11.6 Å². The number of methoxy groups -OCH3 is 1. The van der Waals surface area contributed by atoms with Crippen LogP contribution in [0.5, 0.6) is 5.75 Å². The number of aryl methyl sites for hydroxylation is 2. The first-order chi connectivity index (χ1) is 9.71. The molecule has 1 heterocycles. The zero-order chi connectivity index (χ0) is 14.5. The maximum atomic E-state index is 5.98. The number of hydrogen-bond donors (Lipinski definition) is 1. The molecular formula is C14H19ClN4O. The van der Waals surface area contributed by atoms with Crippen molar-refractivity contribution in [3.63, 3.8) is 0 Å². The van der Waals surface area contributed by atoms with Gasteiger partial charge in [0.25, 0.3) is 0 Å². The third-order valence-corrected chi connectivity index (χ3v) is 3.34. The summed E-state index contributed by atoms with van der Waals surface area (Å²) in [6.45, 7) is 2.65. The Labute approximate surface area is 123 Å². The number of benzene rings is 1. The number of aromatic nitrogens is 3. The van der Waals surface area contributed by atoms with E-state index in [1.54, 1.807) is 7.11 Å². The minimum atomic E-state index is 0.298. The number of nitrogens with two attached hydrogens (primary N) is 1. The van der Waals surface area contributed by atoms with E-state index < -0.39 is 0 Å². The summed E-state index contributed by atoms with van der Waals surface area (Å²) in [7, 11) is 1.65. The van der Waals surface area contributed by atoms with Crippen molar-refractivity contribution in [2.24, 2.45) is 5.73 Å². The van der Waals surface area contributed by atoms with E-state index in [9.17, 15) is 0 Å². The fourth-order valence-electron chi connectivity index (χ4n) is 2.12. The van der Waals surface area contributed by atoms with Crippen LogP contribution < -0.4 is 10.5 Å². The molecule has 5 nitrogen and oxygen atoms in total. The number of alkyl halides is 1. The quantitative estimate of drug-likeness (QED) is 0.830. The van der Waals surface area contributed by atoms with Crippen molar-refractivity contribution in [1.82, 2.24) is 14.8 Å². The molecule has 0 saturated heterocycles. The Hall–Kier alpha value is -1.59. The average Bonchev–Trinajstić information content (AvgIpc) is 2.87. The molecule has 0 atom stereocenters. The lowest BCUT2D eigenvalue weighted by Gasteiger charge is -2.14. The molecule has 2 aromatic rings. The summed E-state index contributed by atoms with van der Waals surface area (Å²) in [6.07, 6.45) is 1.62. The lowest BCUT2D eigenvalue weighted by atomic mass is 10.2. The van der Waals surface area contributed by atoms with Gasteiger partial charge in [0.2, 0.25) is 0 Å². The molecule has 0 fully saturated rings. The average molecular weight is 295 g/mol. The van der Waals surface area contributed by atoms with Gasteiger partial charge in [-0.05, 0) is 37.6 Å². The van der Waals surface area contributed by atoms with Gasteiger partial charge in [0.1, 0.15) is 11.6 Å². The van der Waals surface area contributed by atoms with E-state index in [2.05, 4.69) is 10.2 Å². The lowest BCUT2D eigenvalue weighted by Crippen LogP contribution is -2.09. The Kier molecular flexibility index (Phi) is 4.98. The Bertz CT molecular complexity index is 583. The Balaban J connectivity index is 2.54. The Morgan fingerprint density at radius 3 is 2.70 bits per heavy atom. The van der Waals surface area contributed by atoms with Gasteiger partial charge in [-0.2, -0.15) is 0 Å². The van der Waals surface area contributed by atoms with Crippen molar-refractivity contribution in [3.8, 4) is 11.4 Å². The Morgan fingerprint density at radius 1 is 1.30 bits per heavy atom. The molecule has 2 N–H and O–H groups in total. The highest BCUT2D eigenvalue weighted by Gasteiger charge is 2.16. The molecule has 0 aliphatic carbocycles. The van der Waals surface area contributed by atoms with Gasteiger partial charge in [-0.1, -0.05) is 6.07 Å². The predicted octanol–water partition coefficient (Wildman–Crippen LogP) is 2.21. The summed E-state index contributed by atoms with van der Waals surface area (Å²) in [5, 5.41) is 8.38. The van der Waals surface area contributed by atoms with Crippen LogP contribution in [0.25, 0.3) is 5.69 Å². The van der Waals surface area contributed by atoms with E-state index in [1.165, 1.54) is 0 Å². The topological polar surface area (TPSA) is 66.0 Å². The molecule has 0 amide bonds. The molecule has 1 aromatic carbocycles. The highest BCUT2D eigenvalue weighted by molar-refractivity contribution is 6.16. The standard InChI is InChI=1S/C14H19ClN4O/c1-10-5-6-12(20-2)11(8-10)19-13(4-3-7-16)17-18-14(19)9-15/h5-6,8H,3-4,7,9,16H2,1-2H3. The molecular weight excluding hydrogens is 276 g/mol. The fraction of sp³-hybridized carbons (Fsp3) is 0.429. The normalized spacial score (nSPS) is 10.8.